The molecule has 0 spiro atoms. The second-order valence-electron chi connectivity index (χ2n) is 6.17. The minimum atomic E-state index is -0.768. The zero-order chi connectivity index (χ0) is 16.2. The van der Waals surface area contributed by atoms with Crippen LogP contribution < -0.4 is 19.9 Å². The Morgan fingerprint density at radius 1 is 1.05 bits per heavy atom. The standard InChI is InChI=1S/C16H27NO4.ClH/c1-16(2,3)14(17)9-11(18)15-12(20-5)7-10(19-4)8-13(15)21-6;/h7-8,11,14,18H,9,17H2,1-6H3;1H/t11-,14-;/m1./s1. The second-order valence-corrected chi connectivity index (χ2v) is 6.17. The highest BCUT2D eigenvalue weighted by Gasteiger charge is 2.27. The summed E-state index contributed by atoms with van der Waals surface area (Å²) in [5.41, 5.74) is 6.67. The predicted molar refractivity (Wildman–Crippen MR) is 90.4 cm³/mol. The molecule has 0 aromatic heterocycles. The number of hydrogen-bond acceptors (Lipinski definition) is 5. The number of ether oxygens (including phenoxy) is 3. The molecule has 0 aliphatic rings. The number of benzene rings is 1. The van der Waals surface area contributed by atoms with Gasteiger partial charge in [-0.25, -0.2) is 0 Å². The number of nitrogens with two attached hydrogens (primary N) is 1. The van der Waals surface area contributed by atoms with Crippen LogP contribution in [0, 0.1) is 5.41 Å². The molecule has 0 bridgehead atoms. The minimum absolute atomic E-state index is 0. The van der Waals surface area contributed by atoms with Gasteiger partial charge < -0.3 is 25.1 Å². The lowest BCUT2D eigenvalue weighted by Gasteiger charge is -2.29. The fourth-order valence-electron chi connectivity index (χ4n) is 2.07. The van der Waals surface area contributed by atoms with Crippen LogP contribution in [0.4, 0.5) is 0 Å². The predicted octanol–water partition coefficient (Wildman–Crippen LogP) is 2.93. The molecular formula is C16H28ClNO4. The van der Waals surface area contributed by atoms with E-state index in [1.807, 2.05) is 20.8 Å². The highest BCUT2D eigenvalue weighted by molar-refractivity contribution is 5.85. The van der Waals surface area contributed by atoms with Gasteiger partial charge in [-0.05, 0) is 11.8 Å². The van der Waals surface area contributed by atoms with Crippen LogP contribution in [0.3, 0.4) is 0 Å². The van der Waals surface area contributed by atoms with Crippen molar-refractivity contribution >= 4 is 12.4 Å². The average Bonchev–Trinajstić information content (AvgIpc) is 2.44. The molecule has 128 valence electrons. The molecule has 0 unspecified atom stereocenters. The summed E-state index contributed by atoms with van der Waals surface area (Å²) in [7, 11) is 4.67. The first kappa shape index (κ1) is 20.8. The third kappa shape index (κ3) is 4.93. The number of methoxy groups -OCH3 is 3. The van der Waals surface area contributed by atoms with Crippen molar-refractivity contribution < 1.29 is 19.3 Å². The van der Waals surface area contributed by atoms with E-state index in [2.05, 4.69) is 0 Å². The van der Waals surface area contributed by atoms with Crippen LogP contribution in [0.15, 0.2) is 12.1 Å². The molecule has 22 heavy (non-hydrogen) atoms. The molecule has 5 nitrogen and oxygen atoms in total. The number of aliphatic hydroxyl groups excluding tert-OH is 1. The maximum atomic E-state index is 10.6. The first-order valence-electron chi connectivity index (χ1n) is 6.98. The van der Waals surface area contributed by atoms with Crippen LogP contribution in [0.2, 0.25) is 0 Å². The lowest BCUT2D eigenvalue weighted by atomic mass is 9.83. The van der Waals surface area contributed by atoms with Crippen LogP contribution in [0.1, 0.15) is 38.9 Å². The van der Waals surface area contributed by atoms with E-state index in [-0.39, 0.29) is 23.9 Å². The molecule has 0 radical (unpaired) electrons. The highest BCUT2D eigenvalue weighted by atomic mass is 35.5. The summed E-state index contributed by atoms with van der Waals surface area (Å²) < 4.78 is 15.9. The topological polar surface area (TPSA) is 73.9 Å². The fraction of sp³-hybridized carbons (Fsp3) is 0.625. The Hall–Kier alpha value is -1.17. The molecule has 0 saturated carbocycles. The van der Waals surface area contributed by atoms with E-state index in [0.29, 0.717) is 29.2 Å². The third-order valence-electron chi connectivity index (χ3n) is 3.68. The molecule has 6 heteroatoms. The van der Waals surface area contributed by atoms with Crippen LogP contribution in [-0.4, -0.2) is 32.5 Å². The minimum Gasteiger partial charge on any atom is -0.496 e. The Morgan fingerprint density at radius 3 is 1.82 bits per heavy atom. The van der Waals surface area contributed by atoms with Gasteiger partial charge in [-0.3, -0.25) is 0 Å². The number of halogens is 1. The van der Waals surface area contributed by atoms with E-state index in [1.165, 1.54) is 0 Å². The Balaban J connectivity index is 0.00000441. The number of aliphatic hydroxyl groups is 1. The summed E-state index contributed by atoms with van der Waals surface area (Å²) >= 11 is 0. The molecule has 0 fully saturated rings. The van der Waals surface area contributed by atoms with Crippen LogP contribution in [0.25, 0.3) is 0 Å². The number of rotatable bonds is 6. The molecule has 0 aliphatic heterocycles. The Labute approximate surface area is 139 Å². The molecule has 3 N–H and O–H groups in total. The normalized spacial score (nSPS) is 13.8. The van der Waals surface area contributed by atoms with Crippen LogP contribution in [0.5, 0.6) is 17.2 Å². The van der Waals surface area contributed by atoms with Gasteiger partial charge in [-0.15, -0.1) is 12.4 Å². The van der Waals surface area contributed by atoms with E-state index in [9.17, 15) is 5.11 Å². The van der Waals surface area contributed by atoms with Crippen molar-refractivity contribution in [1.29, 1.82) is 0 Å². The summed E-state index contributed by atoms with van der Waals surface area (Å²) in [6.07, 6.45) is -0.349. The Kier molecular flexibility index (Phi) is 8.01. The van der Waals surface area contributed by atoms with Crippen molar-refractivity contribution in [3.63, 3.8) is 0 Å². The van der Waals surface area contributed by atoms with Gasteiger partial charge in [0.2, 0.25) is 0 Å². The van der Waals surface area contributed by atoms with Gasteiger partial charge in [0, 0.05) is 18.2 Å². The summed E-state index contributed by atoms with van der Waals surface area (Å²) in [6, 6.07) is 3.30. The molecule has 0 amide bonds. The van der Waals surface area contributed by atoms with Crippen molar-refractivity contribution in [2.75, 3.05) is 21.3 Å². The van der Waals surface area contributed by atoms with E-state index in [4.69, 9.17) is 19.9 Å². The summed E-state index contributed by atoms with van der Waals surface area (Å²) in [5, 5.41) is 10.6. The maximum Gasteiger partial charge on any atom is 0.132 e. The first-order chi connectivity index (χ1) is 9.74. The lowest BCUT2D eigenvalue weighted by molar-refractivity contribution is 0.127. The van der Waals surface area contributed by atoms with Gasteiger partial charge in [-0.1, -0.05) is 20.8 Å². The van der Waals surface area contributed by atoms with Crippen molar-refractivity contribution in [2.45, 2.75) is 39.3 Å². The van der Waals surface area contributed by atoms with E-state index in [0.717, 1.165) is 0 Å². The average molecular weight is 334 g/mol. The number of hydrogen-bond donors (Lipinski definition) is 2. The first-order valence-corrected chi connectivity index (χ1v) is 6.98. The maximum absolute atomic E-state index is 10.6. The monoisotopic (exact) mass is 333 g/mol. The summed E-state index contributed by atoms with van der Waals surface area (Å²) in [4.78, 5) is 0. The smallest absolute Gasteiger partial charge is 0.132 e. The van der Waals surface area contributed by atoms with Gasteiger partial charge in [0.25, 0.3) is 0 Å². The van der Waals surface area contributed by atoms with E-state index < -0.39 is 6.10 Å². The largest absolute Gasteiger partial charge is 0.496 e. The van der Waals surface area contributed by atoms with Crippen LogP contribution >= 0.6 is 12.4 Å². The molecule has 0 heterocycles. The quantitative estimate of drug-likeness (QED) is 0.837. The Bertz CT molecular complexity index is 449. The van der Waals surface area contributed by atoms with Crippen molar-refractivity contribution in [2.24, 2.45) is 11.1 Å². The lowest BCUT2D eigenvalue weighted by Crippen LogP contribution is -2.36. The molecule has 0 saturated heterocycles. The third-order valence-corrected chi connectivity index (χ3v) is 3.68. The van der Waals surface area contributed by atoms with E-state index in [1.54, 1.807) is 33.5 Å². The van der Waals surface area contributed by atoms with Crippen molar-refractivity contribution in [3.8, 4) is 17.2 Å². The molecule has 2 atom stereocenters. The van der Waals surface area contributed by atoms with Gasteiger partial charge in [0.1, 0.15) is 17.2 Å². The molecule has 1 rings (SSSR count). The molecule has 1 aromatic rings. The van der Waals surface area contributed by atoms with Gasteiger partial charge in [0.05, 0.1) is 33.0 Å². The van der Waals surface area contributed by atoms with E-state index >= 15 is 0 Å². The molecular weight excluding hydrogens is 306 g/mol. The molecule has 1 aromatic carbocycles. The Morgan fingerprint density at radius 2 is 1.50 bits per heavy atom. The SMILES string of the molecule is COc1cc(OC)c([C@H](O)C[C@@H](N)C(C)(C)C)c(OC)c1.Cl. The van der Waals surface area contributed by atoms with Crippen molar-refractivity contribution in [3.05, 3.63) is 17.7 Å². The van der Waals surface area contributed by atoms with Gasteiger partial charge in [-0.2, -0.15) is 0 Å². The second kappa shape index (κ2) is 8.46. The highest BCUT2D eigenvalue weighted by Crippen LogP contribution is 2.40. The summed E-state index contributed by atoms with van der Waals surface area (Å²) in [6.45, 7) is 6.15. The van der Waals surface area contributed by atoms with Crippen LogP contribution in [-0.2, 0) is 0 Å². The molecule has 0 aliphatic carbocycles. The zero-order valence-electron chi connectivity index (χ0n) is 14.2. The van der Waals surface area contributed by atoms with Gasteiger partial charge >= 0.3 is 0 Å². The fourth-order valence-corrected chi connectivity index (χ4v) is 2.07. The van der Waals surface area contributed by atoms with Crippen molar-refractivity contribution in [1.82, 2.24) is 0 Å². The zero-order valence-corrected chi connectivity index (χ0v) is 15.0. The summed E-state index contributed by atoms with van der Waals surface area (Å²) in [5.74, 6) is 1.67. The van der Waals surface area contributed by atoms with Gasteiger partial charge in [0.15, 0.2) is 0 Å².